The van der Waals surface area contributed by atoms with Crippen LogP contribution in [0, 0.1) is 13.8 Å². The van der Waals surface area contributed by atoms with Crippen LogP contribution in [-0.4, -0.2) is 26.8 Å². The van der Waals surface area contributed by atoms with Gasteiger partial charge in [0, 0.05) is 23.2 Å². The molecule has 0 radical (unpaired) electrons. The first kappa shape index (κ1) is 27.4. The van der Waals surface area contributed by atoms with Crippen LogP contribution in [0.1, 0.15) is 11.1 Å². The minimum absolute atomic E-state index is 0.108. The first-order valence-electron chi connectivity index (χ1n) is 13.1. The summed E-state index contributed by atoms with van der Waals surface area (Å²) >= 11 is 0. The van der Waals surface area contributed by atoms with Gasteiger partial charge in [0.15, 0.2) is 0 Å². The van der Waals surface area contributed by atoms with E-state index in [9.17, 15) is 16.8 Å². The molecule has 0 saturated heterocycles. The number of nitrogens with zero attached hydrogens (tertiary/aromatic N) is 2. The van der Waals surface area contributed by atoms with Crippen LogP contribution < -0.4 is 9.44 Å². The first-order chi connectivity index (χ1) is 20.1. The van der Waals surface area contributed by atoms with Crippen LogP contribution in [0.3, 0.4) is 0 Å². The fourth-order valence-corrected chi connectivity index (χ4v) is 7.52. The Kier molecular flexibility index (Phi) is 6.88. The molecule has 4 aromatic carbocycles. The highest BCUT2D eigenvalue weighted by atomic mass is 32.2. The molecule has 0 bridgehead atoms. The van der Waals surface area contributed by atoms with Gasteiger partial charge in [0.25, 0.3) is 20.0 Å². The van der Waals surface area contributed by atoms with Crippen LogP contribution in [0.5, 0.6) is 0 Å². The molecule has 0 fully saturated rings. The number of hydrogen-bond acceptors (Lipinski definition) is 6. The number of para-hydroxylation sites is 2. The molecule has 0 aliphatic carbocycles. The second-order valence-electron chi connectivity index (χ2n) is 9.93. The maximum atomic E-state index is 13.3. The Morgan fingerprint density at radius 2 is 0.929 bits per heavy atom. The molecule has 0 saturated carbocycles. The molecule has 0 aliphatic rings. The third-order valence-corrected chi connectivity index (χ3v) is 9.84. The van der Waals surface area contributed by atoms with E-state index >= 15 is 0 Å². The summed E-state index contributed by atoms with van der Waals surface area (Å²) in [5.74, 6) is 0. The number of hydrogen-bond donors (Lipinski definition) is 2. The first-order valence-corrected chi connectivity index (χ1v) is 16.0. The number of anilines is 2. The van der Waals surface area contributed by atoms with Crippen LogP contribution in [0.2, 0.25) is 0 Å². The van der Waals surface area contributed by atoms with Crippen molar-refractivity contribution in [3.8, 4) is 11.1 Å². The molecule has 0 unspecified atom stereocenters. The van der Waals surface area contributed by atoms with E-state index in [2.05, 4.69) is 19.4 Å². The molecular formula is C32H26N4O4S2. The van der Waals surface area contributed by atoms with Gasteiger partial charge in [-0.2, -0.15) is 0 Å². The molecule has 6 rings (SSSR count). The van der Waals surface area contributed by atoms with E-state index in [4.69, 9.17) is 0 Å². The standard InChI is InChI=1S/C32H26N4O4S2/c1-21-19-25(13-15-27(21)35-41(37,38)29-11-3-7-23-9-5-17-33-31(23)29)26-14-16-28(22(2)20-26)36-42(39,40)30-12-4-8-24-10-6-18-34-32(24)30/h3-20,35-36H,1-2H3. The topological polar surface area (TPSA) is 118 Å². The smallest absolute Gasteiger partial charge is 0.264 e. The molecule has 8 nitrogen and oxygen atoms in total. The van der Waals surface area contributed by atoms with Crippen molar-refractivity contribution < 1.29 is 16.8 Å². The van der Waals surface area contributed by atoms with E-state index in [1.807, 2.05) is 62.4 Å². The Morgan fingerprint density at radius 1 is 0.524 bits per heavy atom. The van der Waals surface area contributed by atoms with E-state index in [-0.39, 0.29) is 9.79 Å². The van der Waals surface area contributed by atoms with E-state index in [0.717, 1.165) is 33.0 Å². The third kappa shape index (κ3) is 5.17. The summed E-state index contributed by atoms with van der Waals surface area (Å²) in [4.78, 5) is 8.75. The van der Waals surface area contributed by atoms with Gasteiger partial charge in [-0.05, 0) is 84.6 Å². The molecular weight excluding hydrogens is 569 g/mol. The van der Waals surface area contributed by atoms with Crippen LogP contribution in [-0.2, 0) is 20.0 Å². The fourth-order valence-electron chi connectivity index (χ4n) is 4.90. The number of aryl methyl sites for hydroxylation is 2. The Bertz CT molecular complexity index is 2050. The molecule has 2 N–H and O–H groups in total. The summed E-state index contributed by atoms with van der Waals surface area (Å²) in [6, 6.07) is 28.1. The zero-order chi connectivity index (χ0) is 29.5. The number of rotatable bonds is 7. The summed E-state index contributed by atoms with van der Waals surface area (Å²) in [7, 11) is -7.78. The molecule has 210 valence electrons. The predicted molar refractivity (Wildman–Crippen MR) is 166 cm³/mol. The summed E-state index contributed by atoms with van der Waals surface area (Å²) in [6.45, 7) is 3.66. The van der Waals surface area contributed by atoms with Crippen molar-refractivity contribution in [2.75, 3.05) is 9.44 Å². The molecule has 0 aliphatic heterocycles. The molecule has 2 aromatic heterocycles. The highest BCUT2D eigenvalue weighted by Gasteiger charge is 2.21. The van der Waals surface area contributed by atoms with Crippen molar-refractivity contribution in [1.82, 2.24) is 9.97 Å². The molecule has 2 heterocycles. The van der Waals surface area contributed by atoms with Crippen molar-refractivity contribution in [2.45, 2.75) is 23.6 Å². The van der Waals surface area contributed by atoms with Gasteiger partial charge in [-0.3, -0.25) is 19.4 Å². The van der Waals surface area contributed by atoms with E-state index < -0.39 is 20.0 Å². The number of pyridine rings is 2. The van der Waals surface area contributed by atoms with Crippen molar-refractivity contribution in [3.63, 3.8) is 0 Å². The maximum absolute atomic E-state index is 13.3. The van der Waals surface area contributed by atoms with Gasteiger partial charge in [0.2, 0.25) is 0 Å². The third-order valence-electron chi connectivity index (χ3n) is 7.05. The van der Waals surface area contributed by atoms with Crippen LogP contribution >= 0.6 is 0 Å². The Hall–Kier alpha value is -4.80. The molecule has 0 atom stereocenters. The minimum Gasteiger partial charge on any atom is -0.279 e. The van der Waals surface area contributed by atoms with Crippen LogP contribution in [0.25, 0.3) is 32.9 Å². The number of fused-ring (bicyclic) bond motifs is 2. The molecule has 0 spiro atoms. The largest absolute Gasteiger partial charge is 0.279 e. The van der Waals surface area contributed by atoms with Gasteiger partial charge >= 0.3 is 0 Å². The summed E-state index contributed by atoms with van der Waals surface area (Å²) < 4.78 is 58.5. The van der Waals surface area contributed by atoms with Gasteiger partial charge in [-0.25, -0.2) is 16.8 Å². The normalized spacial score (nSPS) is 12.0. The zero-order valence-corrected chi connectivity index (χ0v) is 24.4. The second kappa shape index (κ2) is 10.6. The van der Waals surface area contributed by atoms with E-state index in [0.29, 0.717) is 22.4 Å². The SMILES string of the molecule is Cc1cc(-c2ccc(NS(=O)(=O)c3cccc4cccnc34)c(C)c2)ccc1NS(=O)(=O)c1cccc2cccnc12. The summed E-state index contributed by atoms with van der Waals surface area (Å²) in [5.41, 5.74) is 4.91. The minimum atomic E-state index is -3.89. The van der Waals surface area contributed by atoms with Gasteiger partial charge in [0.1, 0.15) is 9.79 Å². The average Bonchev–Trinajstić information content (AvgIpc) is 2.98. The summed E-state index contributed by atoms with van der Waals surface area (Å²) in [5, 5.41) is 1.48. The van der Waals surface area contributed by atoms with Crippen LogP contribution in [0.4, 0.5) is 11.4 Å². The highest BCUT2D eigenvalue weighted by Crippen LogP contribution is 2.31. The number of sulfonamides is 2. The van der Waals surface area contributed by atoms with Crippen LogP contribution in [0.15, 0.2) is 119 Å². The Morgan fingerprint density at radius 3 is 1.33 bits per heavy atom. The lowest BCUT2D eigenvalue weighted by atomic mass is 10.0. The van der Waals surface area contributed by atoms with Gasteiger partial charge in [0.05, 0.1) is 22.4 Å². The van der Waals surface area contributed by atoms with Gasteiger partial charge in [-0.15, -0.1) is 0 Å². The highest BCUT2D eigenvalue weighted by molar-refractivity contribution is 7.93. The fraction of sp³-hybridized carbons (Fsp3) is 0.0625. The lowest BCUT2D eigenvalue weighted by molar-refractivity contribution is 0.600. The van der Waals surface area contributed by atoms with Crippen molar-refractivity contribution in [2.24, 2.45) is 0 Å². The van der Waals surface area contributed by atoms with Crippen molar-refractivity contribution in [3.05, 3.63) is 121 Å². The predicted octanol–water partition coefficient (Wildman–Crippen LogP) is 6.67. The van der Waals surface area contributed by atoms with Crippen molar-refractivity contribution >= 4 is 53.2 Å². The monoisotopic (exact) mass is 594 g/mol. The Labute approximate surface area is 244 Å². The maximum Gasteiger partial charge on any atom is 0.264 e. The van der Waals surface area contributed by atoms with E-state index in [1.165, 1.54) is 12.1 Å². The molecule has 42 heavy (non-hydrogen) atoms. The number of nitrogens with one attached hydrogen (secondary N) is 2. The van der Waals surface area contributed by atoms with E-state index in [1.54, 1.807) is 48.8 Å². The van der Waals surface area contributed by atoms with Gasteiger partial charge in [-0.1, -0.05) is 48.5 Å². The lowest BCUT2D eigenvalue weighted by Crippen LogP contribution is -2.14. The molecule has 10 heteroatoms. The lowest BCUT2D eigenvalue weighted by Gasteiger charge is -2.15. The number of benzene rings is 4. The van der Waals surface area contributed by atoms with Gasteiger partial charge < -0.3 is 0 Å². The molecule has 0 amide bonds. The van der Waals surface area contributed by atoms with Crippen molar-refractivity contribution in [1.29, 1.82) is 0 Å². The molecule has 6 aromatic rings. The quantitative estimate of drug-likeness (QED) is 0.213. The number of aromatic nitrogens is 2. The second-order valence-corrected chi connectivity index (χ2v) is 13.2. The zero-order valence-electron chi connectivity index (χ0n) is 22.7. The average molecular weight is 595 g/mol. The summed E-state index contributed by atoms with van der Waals surface area (Å²) in [6.07, 6.45) is 3.14. The Balaban J connectivity index is 1.25.